The fourth-order valence-electron chi connectivity index (χ4n) is 2.88. The van der Waals surface area contributed by atoms with Crippen LogP contribution in [-0.4, -0.2) is 12.0 Å². The molecule has 0 bridgehead atoms. The molecule has 1 aliphatic carbocycles. The van der Waals surface area contributed by atoms with Crippen LogP contribution in [0.15, 0.2) is 24.3 Å². The third kappa shape index (κ3) is 1.70. The Morgan fingerprint density at radius 1 is 1.39 bits per heavy atom. The van der Waals surface area contributed by atoms with Crippen molar-refractivity contribution in [3.63, 3.8) is 0 Å². The minimum atomic E-state index is -1.09. The molecule has 1 N–H and O–H groups in total. The van der Waals surface area contributed by atoms with E-state index >= 15 is 0 Å². The molecule has 0 aromatic heterocycles. The maximum Gasteiger partial charge on any atom is 0.0698 e. The quantitative estimate of drug-likeness (QED) is 0.804. The van der Waals surface area contributed by atoms with Crippen LogP contribution in [0.1, 0.15) is 17.9 Å². The van der Waals surface area contributed by atoms with Crippen molar-refractivity contribution in [3.8, 4) is 0 Å². The Labute approximate surface area is 114 Å². The summed E-state index contributed by atoms with van der Waals surface area (Å²) in [5.74, 6) is -1.11. The number of benzene rings is 1. The van der Waals surface area contributed by atoms with E-state index in [4.69, 9.17) is 23.2 Å². The number of carboxylic acids is 1. The molecular weight excluding hydrogens is 273 g/mol. The lowest BCUT2D eigenvalue weighted by Gasteiger charge is -2.38. The van der Waals surface area contributed by atoms with Crippen LogP contribution in [-0.2, 0) is 4.79 Å². The Kier molecular flexibility index (Phi) is 2.76. The standard InChI is InChI=1S/C13H11Cl2NO2/c14-6-4-9(15)11-7-2-1-3-8(7)12(13(17)18)16-10(11)5-6/h1-2,4-5,7-8,12,16H,3H2,(H,17,18)/p-1/t7-,8+,12+/m0/s1. The molecule has 3 nitrogen and oxygen atoms in total. The highest BCUT2D eigenvalue weighted by atomic mass is 35.5. The molecule has 2 aliphatic rings. The first-order chi connectivity index (χ1) is 8.58. The molecule has 1 aromatic carbocycles. The molecule has 0 saturated carbocycles. The predicted molar refractivity (Wildman–Crippen MR) is 68.9 cm³/mol. The molecule has 5 heteroatoms. The summed E-state index contributed by atoms with van der Waals surface area (Å²) < 4.78 is 0. The molecule has 1 aromatic rings. The summed E-state index contributed by atoms with van der Waals surface area (Å²) in [4.78, 5) is 11.2. The van der Waals surface area contributed by atoms with Gasteiger partial charge >= 0.3 is 0 Å². The second-order valence-corrected chi connectivity index (χ2v) is 5.49. The molecule has 1 heterocycles. The smallest absolute Gasteiger partial charge is 0.0698 e. The molecule has 0 amide bonds. The highest BCUT2D eigenvalue weighted by Crippen LogP contribution is 2.48. The average molecular weight is 283 g/mol. The van der Waals surface area contributed by atoms with Crippen molar-refractivity contribution < 1.29 is 9.90 Å². The van der Waals surface area contributed by atoms with Crippen molar-refractivity contribution in [2.24, 2.45) is 5.92 Å². The van der Waals surface area contributed by atoms with Gasteiger partial charge in [0.15, 0.2) is 0 Å². The Hall–Kier alpha value is -1.19. The highest BCUT2D eigenvalue weighted by Gasteiger charge is 2.38. The minimum absolute atomic E-state index is 0.0221. The molecule has 94 valence electrons. The van der Waals surface area contributed by atoms with Crippen LogP contribution in [0.2, 0.25) is 10.0 Å². The first kappa shape index (κ1) is 11.9. The van der Waals surface area contributed by atoms with Crippen molar-refractivity contribution in [3.05, 3.63) is 39.9 Å². The van der Waals surface area contributed by atoms with Gasteiger partial charge in [0.05, 0.1) is 12.0 Å². The van der Waals surface area contributed by atoms with E-state index in [0.717, 1.165) is 5.56 Å². The number of aliphatic carboxylic acids is 1. The Morgan fingerprint density at radius 3 is 2.89 bits per heavy atom. The van der Waals surface area contributed by atoms with Gasteiger partial charge in [-0.05, 0) is 24.5 Å². The Bertz CT molecular complexity index is 556. The summed E-state index contributed by atoms with van der Waals surface area (Å²) in [6, 6.07) is 2.69. The second kappa shape index (κ2) is 4.18. The number of allylic oxidation sites excluding steroid dienone is 2. The van der Waals surface area contributed by atoms with Crippen LogP contribution in [0, 0.1) is 5.92 Å². The highest BCUT2D eigenvalue weighted by molar-refractivity contribution is 6.35. The lowest BCUT2D eigenvalue weighted by molar-refractivity contribution is -0.308. The van der Waals surface area contributed by atoms with E-state index in [9.17, 15) is 9.90 Å². The van der Waals surface area contributed by atoms with E-state index < -0.39 is 12.0 Å². The van der Waals surface area contributed by atoms with E-state index in [0.29, 0.717) is 22.2 Å². The van der Waals surface area contributed by atoms with Gasteiger partial charge in [0.25, 0.3) is 0 Å². The normalized spacial score (nSPS) is 28.4. The van der Waals surface area contributed by atoms with Crippen molar-refractivity contribution in [2.75, 3.05) is 5.32 Å². The number of hydrogen-bond donors (Lipinski definition) is 1. The lowest BCUT2D eigenvalue weighted by Crippen LogP contribution is -2.48. The summed E-state index contributed by atoms with van der Waals surface area (Å²) >= 11 is 12.2. The zero-order valence-corrected chi connectivity index (χ0v) is 10.8. The summed E-state index contributed by atoms with van der Waals surface area (Å²) in [7, 11) is 0. The first-order valence-electron chi connectivity index (χ1n) is 5.71. The van der Waals surface area contributed by atoms with E-state index in [1.54, 1.807) is 12.1 Å². The van der Waals surface area contributed by atoms with Gasteiger partial charge in [-0.2, -0.15) is 0 Å². The molecule has 0 fully saturated rings. The summed E-state index contributed by atoms with van der Waals surface area (Å²) in [6.07, 6.45) is 4.72. The number of anilines is 1. The van der Waals surface area contributed by atoms with Crippen LogP contribution in [0.3, 0.4) is 0 Å². The molecule has 1 aliphatic heterocycles. The Morgan fingerprint density at radius 2 is 2.17 bits per heavy atom. The molecule has 3 atom stereocenters. The van der Waals surface area contributed by atoms with Crippen molar-refractivity contribution in [2.45, 2.75) is 18.4 Å². The van der Waals surface area contributed by atoms with Gasteiger partial charge in [0.1, 0.15) is 0 Å². The zero-order valence-electron chi connectivity index (χ0n) is 9.32. The van der Waals surface area contributed by atoms with E-state index in [1.807, 2.05) is 12.2 Å². The maximum absolute atomic E-state index is 11.2. The van der Waals surface area contributed by atoms with E-state index in [2.05, 4.69) is 5.32 Å². The van der Waals surface area contributed by atoms with Crippen LogP contribution >= 0.6 is 23.2 Å². The predicted octanol–water partition coefficient (Wildman–Crippen LogP) is 2.20. The number of carbonyl (C=O) groups is 1. The van der Waals surface area contributed by atoms with Gasteiger partial charge < -0.3 is 15.2 Å². The van der Waals surface area contributed by atoms with Crippen LogP contribution < -0.4 is 10.4 Å². The molecule has 0 radical (unpaired) electrons. The second-order valence-electron chi connectivity index (χ2n) is 4.64. The zero-order chi connectivity index (χ0) is 12.9. The summed E-state index contributed by atoms with van der Waals surface area (Å²) in [5.41, 5.74) is 1.62. The van der Waals surface area contributed by atoms with Gasteiger partial charge in [0, 0.05) is 27.2 Å². The fourth-order valence-corrected chi connectivity index (χ4v) is 3.50. The topological polar surface area (TPSA) is 52.2 Å². The number of nitrogens with one attached hydrogen (secondary N) is 1. The van der Waals surface area contributed by atoms with Gasteiger partial charge in [-0.25, -0.2) is 0 Å². The lowest BCUT2D eigenvalue weighted by atomic mass is 9.79. The number of carbonyl (C=O) groups excluding carboxylic acids is 1. The monoisotopic (exact) mass is 282 g/mol. The van der Waals surface area contributed by atoms with Gasteiger partial charge in [-0.1, -0.05) is 35.4 Å². The molecule has 0 spiro atoms. The molecule has 3 rings (SSSR count). The van der Waals surface area contributed by atoms with E-state index in [-0.39, 0.29) is 11.8 Å². The molecular formula is C13H10Cl2NO2-. The van der Waals surface area contributed by atoms with Gasteiger partial charge in [0.2, 0.25) is 0 Å². The third-order valence-corrected chi connectivity index (χ3v) is 4.16. The van der Waals surface area contributed by atoms with Crippen molar-refractivity contribution in [1.29, 1.82) is 0 Å². The number of fused-ring (bicyclic) bond motifs is 3. The summed E-state index contributed by atoms with van der Waals surface area (Å²) in [6.45, 7) is 0. The first-order valence-corrected chi connectivity index (χ1v) is 6.46. The van der Waals surface area contributed by atoms with Gasteiger partial charge in [-0.3, -0.25) is 0 Å². The minimum Gasteiger partial charge on any atom is -0.548 e. The molecule has 0 unspecified atom stereocenters. The average Bonchev–Trinajstić information content (AvgIpc) is 2.75. The third-order valence-electron chi connectivity index (χ3n) is 3.63. The van der Waals surface area contributed by atoms with Crippen LogP contribution in [0.4, 0.5) is 5.69 Å². The maximum atomic E-state index is 11.2. The Balaban J connectivity index is 2.14. The van der Waals surface area contributed by atoms with Gasteiger partial charge in [-0.15, -0.1) is 0 Å². The molecule has 18 heavy (non-hydrogen) atoms. The largest absolute Gasteiger partial charge is 0.548 e. The number of hydrogen-bond acceptors (Lipinski definition) is 3. The number of carboxylic acid groups (broad SMARTS) is 1. The van der Waals surface area contributed by atoms with Crippen LogP contribution in [0.25, 0.3) is 0 Å². The number of halogens is 2. The van der Waals surface area contributed by atoms with Crippen LogP contribution in [0.5, 0.6) is 0 Å². The van der Waals surface area contributed by atoms with E-state index in [1.165, 1.54) is 0 Å². The summed E-state index contributed by atoms with van der Waals surface area (Å²) in [5, 5.41) is 15.2. The SMILES string of the molecule is O=C([O-])[C@@H]1Nc2cc(Cl)cc(Cl)c2[C@H]2C=CC[C@H]21. The van der Waals surface area contributed by atoms with Crippen molar-refractivity contribution >= 4 is 34.9 Å². The number of rotatable bonds is 1. The van der Waals surface area contributed by atoms with Crippen molar-refractivity contribution in [1.82, 2.24) is 0 Å². The molecule has 0 saturated heterocycles. The fraction of sp³-hybridized carbons (Fsp3) is 0.308.